The van der Waals surface area contributed by atoms with Crippen molar-refractivity contribution in [2.24, 2.45) is 4.99 Å². The van der Waals surface area contributed by atoms with Crippen molar-refractivity contribution in [3.63, 3.8) is 0 Å². The Balaban J connectivity index is 1.93. The number of amidine groups is 1. The first-order valence-electron chi connectivity index (χ1n) is 6.76. The van der Waals surface area contributed by atoms with Crippen LogP contribution in [-0.4, -0.2) is 16.0 Å². The first-order valence-corrected chi connectivity index (χ1v) is 7.98. The van der Waals surface area contributed by atoms with E-state index in [4.69, 9.17) is 5.26 Å². The van der Waals surface area contributed by atoms with Gasteiger partial charge in [-0.15, -0.1) is 0 Å². The Morgan fingerprint density at radius 3 is 2.64 bits per heavy atom. The van der Waals surface area contributed by atoms with Crippen molar-refractivity contribution in [2.75, 3.05) is 6.26 Å². The highest BCUT2D eigenvalue weighted by Gasteiger charge is 2.03. The number of thioether (sulfide) groups is 1. The molecule has 1 aromatic heterocycles. The molecule has 1 N–H and O–H groups in total. The highest BCUT2D eigenvalue weighted by molar-refractivity contribution is 8.13. The van der Waals surface area contributed by atoms with E-state index in [-0.39, 0.29) is 0 Å². The lowest BCUT2D eigenvalue weighted by atomic mass is 10.2. The zero-order chi connectivity index (χ0) is 15.4. The van der Waals surface area contributed by atoms with Gasteiger partial charge in [-0.25, -0.2) is 4.99 Å². The van der Waals surface area contributed by atoms with E-state index >= 15 is 0 Å². The van der Waals surface area contributed by atoms with Crippen LogP contribution in [0, 0.1) is 11.5 Å². The molecule has 4 nitrogen and oxygen atoms in total. The molecule has 0 saturated heterocycles. The standard InChI is InChI=1S/C17H14N4S/c1-22-17(19-12-18)20-14-6-8-15(9-7-14)21-11-10-13-4-2-3-5-16(13)21/h2-11H,1H3,(H,19,20). The highest BCUT2D eigenvalue weighted by Crippen LogP contribution is 2.22. The Labute approximate surface area is 133 Å². The summed E-state index contributed by atoms with van der Waals surface area (Å²) in [6.07, 6.45) is 5.83. The van der Waals surface area contributed by atoms with E-state index in [1.54, 1.807) is 0 Å². The Morgan fingerprint density at radius 1 is 1.14 bits per heavy atom. The molecule has 1 heterocycles. The van der Waals surface area contributed by atoms with Crippen LogP contribution in [0.2, 0.25) is 0 Å². The molecule has 0 radical (unpaired) electrons. The molecule has 0 fully saturated rings. The van der Waals surface area contributed by atoms with Crippen LogP contribution in [0.4, 0.5) is 5.69 Å². The number of nitrogens with zero attached hydrogens (tertiary/aromatic N) is 3. The topological polar surface area (TPSA) is 53.1 Å². The van der Waals surface area contributed by atoms with Crippen LogP contribution in [0.15, 0.2) is 65.8 Å². The summed E-state index contributed by atoms with van der Waals surface area (Å²) < 4.78 is 2.14. The molecule has 22 heavy (non-hydrogen) atoms. The molecule has 0 amide bonds. The van der Waals surface area contributed by atoms with Gasteiger partial charge in [0.2, 0.25) is 0 Å². The first kappa shape index (κ1) is 14.2. The van der Waals surface area contributed by atoms with Crippen LogP contribution in [-0.2, 0) is 0 Å². The van der Waals surface area contributed by atoms with E-state index in [1.165, 1.54) is 22.7 Å². The quantitative estimate of drug-likeness (QED) is 0.336. The molecule has 0 bridgehead atoms. The lowest BCUT2D eigenvalue weighted by molar-refractivity contribution is 1.13. The average Bonchev–Trinajstić information content (AvgIpc) is 2.99. The van der Waals surface area contributed by atoms with Gasteiger partial charge in [-0.3, -0.25) is 5.32 Å². The minimum atomic E-state index is 0.585. The summed E-state index contributed by atoms with van der Waals surface area (Å²) in [4.78, 5) is 4.39. The van der Waals surface area contributed by atoms with Crippen molar-refractivity contribution >= 4 is 33.5 Å². The van der Waals surface area contributed by atoms with Crippen molar-refractivity contribution in [2.45, 2.75) is 0 Å². The smallest absolute Gasteiger partial charge is 0.183 e. The van der Waals surface area contributed by atoms with Gasteiger partial charge in [0, 0.05) is 11.9 Å². The normalized spacial score (nSPS) is 11.4. The predicted molar refractivity (Wildman–Crippen MR) is 92.6 cm³/mol. The number of aliphatic imine (C=N–C) groups is 1. The van der Waals surface area contributed by atoms with E-state index < -0.39 is 0 Å². The molecule has 3 aromatic rings. The largest absolute Gasteiger partial charge is 0.317 e. The van der Waals surface area contributed by atoms with E-state index in [0.717, 1.165) is 11.4 Å². The SMILES string of the molecule is CSC(=Nc1ccc(-n2ccc3ccccc32)cc1)NC#N. The summed E-state index contributed by atoms with van der Waals surface area (Å²) in [7, 11) is 0. The summed E-state index contributed by atoms with van der Waals surface area (Å²) in [6.45, 7) is 0. The second-order valence-electron chi connectivity index (χ2n) is 4.62. The number of para-hydroxylation sites is 1. The van der Waals surface area contributed by atoms with Gasteiger partial charge in [-0.05, 0) is 48.0 Å². The van der Waals surface area contributed by atoms with Gasteiger partial charge < -0.3 is 4.57 Å². The van der Waals surface area contributed by atoms with Crippen LogP contribution in [0.25, 0.3) is 16.6 Å². The summed E-state index contributed by atoms with van der Waals surface area (Å²) in [5, 5.41) is 13.0. The van der Waals surface area contributed by atoms with Crippen molar-refractivity contribution in [3.8, 4) is 11.9 Å². The molecule has 5 heteroatoms. The van der Waals surface area contributed by atoms with Gasteiger partial charge in [0.15, 0.2) is 11.4 Å². The maximum Gasteiger partial charge on any atom is 0.183 e. The van der Waals surface area contributed by atoms with E-state index in [2.05, 4.69) is 39.3 Å². The van der Waals surface area contributed by atoms with E-state index in [0.29, 0.717) is 5.17 Å². The molecule has 0 atom stereocenters. The minimum absolute atomic E-state index is 0.585. The zero-order valence-corrected chi connectivity index (χ0v) is 12.8. The van der Waals surface area contributed by atoms with Gasteiger partial charge in [0.25, 0.3) is 0 Å². The molecular weight excluding hydrogens is 292 g/mol. The van der Waals surface area contributed by atoms with E-state index in [9.17, 15) is 0 Å². The molecule has 0 aliphatic heterocycles. The monoisotopic (exact) mass is 306 g/mol. The average molecular weight is 306 g/mol. The Hall–Kier alpha value is -2.71. The van der Waals surface area contributed by atoms with E-state index in [1.807, 2.05) is 48.8 Å². The van der Waals surface area contributed by atoms with Gasteiger partial charge >= 0.3 is 0 Å². The first-order chi connectivity index (χ1) is 10.8. The van der Waals surface area contributed by atoms with Crippen molar-refractivity contribution in [1.29, 1.82) is 5.26 Å². The lowest BCUT2D eigenvalue weighted by Crippen LogP contribution is -2.12. The number of hydrogen-bond donors (Lipinski definition) is 1. The van der Waals surface area contributed by atoms with Gasteiger partial charge in [0.05, 0.1) is 11.2 Å². The zero-order valence-electron chi connectivity index (χ0n) is 12.0. The number of rotatable bonds is 2. The summed E-state index contributed by atoms with van der Waals surface area (Å²) in [6, 6.07) is 18.3. The molecule has 108 valence electrons. The predicted octanol–water partition coefficient (Wildman–Crippen LogP) is 4.05. The van der Waals surface area contributed by atoms with Crippen LogP contribution in [0.5, 0.6) is 0 Å². The van der Waals surface area contributed by atoms with Crippen molar-refractivity contribution in [3.05, 3.63) is 60.8 Å². The number of benzene rings is 2. The minimum Gasteiger partial charge on any atom is -0.317 e. The van der Waals surface area contributed by atoms with Crippen LogP contribution in [0.3, 0.4) is 0 Å². The Kier molecular flexibility index (Phi) is 4.12. The number of aromatic nitrogens is 1. The molecule has 0 unspecified atom stereocenters. The molecule has 0 saturated carbocycles. The molecule has 0 aliphatic rings. The Bertz CT molecular complexity index is 856. The second kappa shape index (κ2) is 6.37. The summed E-state index contributed by atoms with van der Waals surface area (Å²) in [5.41, 5.74) is 3.07. The fraction of sp³-hybridized carbons (Fsp3) is 0.0588. The molecule has 3 rings (SSSR count). The van der Waals surface area contributed by atoms with Crippen molar-refractivity contribution < 1.29 is 0 Å². The van der Waals surface area contributed by atoms with Gasteiger partial charge in [-0.1, -0.05) is 30.0 Å². The third-order valence-corrected chi connectivity index (χ3v) is 3.89. The number of hydrogen-bond acceptors (Lipinski definition) is 3. The fourth-order valence-corrected chi connectivity index (χ4v) is 2.63. The fourth-order valence-electron chi connectivity index (χ4n) is 2.29. The number of nitriles is 1. The number of fused-ring (bicyclic) bond motifs is 1. The second-order valence-corrected chi connectivity index (χ2v) is 5.41. The van der Waals surface area contributed by atoms with Gasteiger partial charge in [0.1, 0.15) is 0 Å². The summed E-state index contributed by atoms with van der Waals surface area (Å²) in [5.74, 6) is 0. The van der Waals surface area contributed by atoms with Crippen LogP contribution in [0.1, 0.15) is 0 Å². The van der Waals surface area contributed by atoms with Crippen LogP contribution < -0.4 is 5.32 Å². The maximum atomic E-state index is 8.66. The number of nitrogens with one attached hydrogen (secondary N) is 1. The van der Waals surface area contributed by atoms with Gasteiger partial charge in [-0.2, -0.15) is 5.26 Å². The van der Waals surface area contributed by atoms with Crippen LogP contribution >= 0.6 is 11.8 Å². The third-order valence-electron chi connectivity index (χ3n) is 3.31. The lowest BCUT2D eigenvalue weighted by Gasteiger charge is -2.06. The maximum absolute atomic E-state index is 8.66. The highest BCUT2D eigenvalue weighted by atomic mass is 32.2. The molecule has 0 spiro atoms. The Morgan fingerprint density at radius 2 is 1.91 bits per heavy atom. The van der Waals surface area contributed by atoms with Crippen molar-refractivity contribution in [1.82, 2.24) is 9.88 Å². The summed E-state index contributed by atoms with van der Waals surface area (Å²) >= 11 is 1.40. The third kappa shape index (κ3) is 2.83. The molecule has 0 aliphatic carbocycles. The molecular formula is C17H14N4S. The molecule has 2 aromatic carbocycles.